The van der Waals surface area contributed by atoms with Crippen molar-refractivity contribution in [2.45, 2.75) is 39.5 Å². The Morgan fingerprint density at radius 1 is 1.29 bits per heavy atom. The van der Waals surface area contributed by atoms with Crippen molar-refractivity contribution >= 4 is 11.6 Å². The maximum atomic E-state index is 5.81. The Hall–Kier alpha value is -1.51. The summed E-state index contributed by atoms with van der Waals surface area (Å²) in [5, 5.41) is 3.10. The molecule has 0 atom stereocenters. The third-order valence-electron chi connectivity index (χ3n) is 2.58. The fraction of sp³-hybridized carbons (Fsp3) is 0.500. The second-order valence-electron chi connectivity index (χ2n) is 4.32. The molecule has 0 bridgehead atoms. The molecule has 0 spiro atoms. The molecule has 0 radical (unpaired) electrons. The standard InChI is InChI=1S/C14H23N3/c1-3-4-5-6-10-16-14(15)17-13-9-7-8-12(2)11-13/h7-9,11H,3-6,10H2,1-2H3,(H3,15,16,17). The van der Waals surface area contributed by atoms with Gasteiger partial charge in [-0.3, -0.25) is 4.99 Å². The molecule has 0 amide bonds. The number of unbranched alkanes of at least 4 members (excludes halogenated alkanes) is 3. The normalized spacial score (nSPS) is 11.5. The summed E-state index contributed by atoms with van der Waals surface area (Å²) in [6.45, 7) is 5.07. The average molecular weight is 233 g/mol. The Bertz CT molecular complexity index is 358. The van der Waals surface area contributed by atoms with Gasteiger partial charge in [0.1, 0.15) is 0 Å². The number of aliphatic imine (C=N–C) groups is 1. The van der Waals surface area contributed by atoms with Crippen LogP contribution in [0.3, 0.4) is 0 Å². The number of hydrogen-bond donors (Lipinski definition) is 2. The molecule has 3 N–H and O–H groups in total. The fourth-order valence-electron chi connectivity index (χ4n) is 1.65. The topological polar surface area (TPSA) is 50.4 Å². The summed E-state index contributed by atoms with van der Waals surface area (Å²) < 4.78 is 0. The van der Waals surface area contributed by atoms with E-state index >= 15 is 0 Å². The first-order valence-electron chi connectivity index (χ1n) is 6.36. The second kappa shape index (κ2) is 7.71. The molecular weight excluding hydrogens is 210 g/mol. The van der Waals surface area contributed by atoms with Gasteiger partial charge in [-0.1, -0.05) is 38.3 Å². The molecule has 0 aliphatic carbocycles. The van der Waals surface area contributed by atoms with Crippen LogP contribution in [0.1, 0.15) is 38.2 Å². The van der Waals surface area contributed by atoms with E-state index < -0.39 is 0 Å². The molecule has 1 aromatic rings. The van der Waals surface area contributed by atoms with Crippen LogP contribution >= 0.6 is 0 Å². The number of nitrogens with one attached hydrogen (secondary N) is 1. The summed E-state index contributed by atoms with van der Waals surface area (Å²) in [4.78, 5) is 4.30. The zero-order valence-corrected chi connectivity index (χ0v) is 10.9. The van der Waals surface area contributed by atoms with Crippen molar-refractivity contribution in [2.75, 3.05) is 11.9 Å². The highest BCUT2D eigenvalue weighted by molar-refractivity contribution is 5.92. The molecule has 0 aliphatic heterocycles. The van der Waals surface area contributed by atoms with E-state index in [2.05, 4.69) is 36.3 Å². The zero-order valence-electron chi connectivity index (χ0n) is 10.9. The lowest BCUT2D eigenvalue weighted by Gasteiger charge is -2.06. The van der Waals surface area contributed by atoms with E-state index in [1.165, 1.54) is 24.8 Å². The van der Waals surface area contributed by atoms with Gasteiger partial charge < -0.3 is 11.1 Å². The highest BCUT2D eigenvalue weighted by Crippen LogP contribution is 2.08. The lowest BCUT2D eigenvalue weighted by Crippen LogP contribution is -2.22. The molecular formula is C14H23N3. The number of hydrogen-bond acceptors (Lipinski definition) is 1. The van der Waals surface area contributed by atoms with Crippen LogP contribution in [0.4, 0.5) is 5.69 Å². The SMILES string of the molecule is CCCCCCN=C(N)Nc1cccc(C)c1. The van der Waals surface area contributed by atoms with E-state index in [0.29, 0.717) is 5.96 Å². The molecule has 17 heavy (non-hydrogen) atoms. The molecule has 0 aromatic heterocycles. The quantitative estimate of drug-likeness (QED) is 0.450. The van der Waals surface area contributed by atoms with Crippen molar-refractivity contribution in [3.63, 3.8) is 0 Å². The van der Waals surface area contributed by atoms with E-state index in [1.54, 1.807) is 0 Å². The molecule has 0 unspecified atom stereocenters. The van der Waals surface area contributed by atoms with Gasteiger partial charge in [0.15, 0.2) is 5.96 Å². The first kappa shape index (κ1) is 13.6. The number of aryl methyl sites for hydroxylation is 1. The summed E-state index contributed by atoms with van der Waals surface area (Å²) in [5.74, 6) is 0.507. The first-order valence-corrected chi connectivity index (χ1v) is 6.36. The Labute approximate surface area is 104 Å². The molecule has 3 heteroatoms. The summed E-state index contributed by atoms with van der Waals surface area (Å²) in [5.41, 5.74) is 8.02. The van der Waals surface area contributed by atoms with Crippen LogP contribution in [0.2, 0.25) is 0 Å². The third kappa shape index (κ3) is 5.95. The van der Waals surface area contributed by atoms with Gasteiger partial charge in [0, 0.05) is 12.2 Å². The molecule has 0 saturated heterocycles. The van der Waals surface area contributed by atoms with Gasteiger partial charge in [-0.05, 0) is 31.0 Å². The Morgan fingerprint density at radius 3 is 2.82 bits per heavy atom. The number of benzene rings is 1. The minimum Gasteiger partial charge on any atom is -0.370 e. The van der Waals surface area contributed by atoms with Crippen molar-refractivity contribution in [3.8, 4) is 0 Å². The first-order chi connectivity index (χ1) is 8.22. The number of guanidine groups is 1. The molecule has 0 heterocycles. The Kier molecular flexibility index (Phi) is 6.15. The largest absolute Gasteiger partial charge is 0.370 e. The van der Waals surface area contributed by atoms with Crippen LogP contribution < -0.4 is 11.1 Å². The highest BCUT2D eigenvalue weighted by atomic mass is 15.1. The highest BCUT2D eigenvalue weighted by Gasteiger charge is 1.94. The molecule has 0 aliphatic rings. The molecule has 94 valence electrons. The van der Waals surface area contributed by atoms with Gasteiger partial charge in [-0.15, -0.1) is 0 Å². The average Bonchev–Trinajstić information content (AvgIpc) is 2.29. The predicted octanol–water partition coefficient (Wildman–Crippen LogP) is 3.30. The van der Waals surface area contributed by atoms with Crippen LogP contribution in [0.15, 0.2) is 29.3 Å². The monoisotopic (exact) mass is 233 g/mol. The van der Waals surface area contributed by atoms with Gasteiger partial charge in [0.25, 0.3) is 0 Å². The van der Waals surface area contributed by atoms with Gasteiger partial charge >= 0.3 is 0 Å². The van der Waals surface area contributed by atoms with Crippen LogP contribution in [-0.4, -0.2) is 12.5 Å². The van der Waals surface area contributed by atoms with Crippen LogP contribution in [0.5, 0.6) is 0 Å². The number of anilines is 1. The van der Waals surface area contributed by atoms with Crippen molar-refractivity contribution in [1.82, 2.24) is 0 Å². The van der Waals surface area contributed by atoms with Crippen LogP contribution in [0, 0.1) is 6.92 Å². The van der Waals surface area contributed by atoms with Gasteiger partial charge in [-0.25, -0.2) is 0 Å². The zero-order chi connectivity index (χ0) is 12.5. The third-order valence-corrected chi connectivity index (χ3v) is 2.58. The number of nitrogens with zero attached hydrogens (tertiary/aromatic N) is 1. The molecule has 0 fully saturated rings. The maximum Gasteiger partial charge on any atom is 0.193 e. The summed E-state index contributed by atoms with van der Waals surface area (Å²) >= 11 is 0. The van der Waals surface area contributed by atoms with Gasteiger partial charge in [-0.2, -0.15) is 0 Å². The van der Waals surface area contributed by atoms with Gasteiger partial charge in [0.05, 0.1) is 0 Å². The summed E-state index contributed by atoms with van der Waals surface area (Å²) in [6.07, 6.45) is 4.88. The minimum atomic E-state index is 0.507. The Balaban J connectivity index is 2.33. The van der Waals surface area contributed by atoms with Gasteiger partial charge in [0.2, 0.25) is 0 Å². The summed E-state index contributed by atoms with van der Waals surface area (Å²) in [7, 11) is 0. The number of nitrogens with two attached hydrogens (primary N) is 1. The molecule has 1 rings (SSSR count). The predicted molar refractivity (Wildman–Crippen MR) is 75.4 cm³/mol. The van der Waals surface area contributed by atoms with E-state index in [0.717, 1.165) is 18.7 Å². The van der Waals surface area contributed by atoms with Crippen molar-refractivity contribution < 1.29 is 0 Å². The minimum absolute atomic E-state index is 0.507. The number of rotatable bonds is 6. The summed E-state index contributed by atoms with van der Waals surface area (Å²) in [6, 6.07) is 8.11. The molecule has 1 aromatic carbocycles. The smallest absolute Gasteiger partial charge is 0.193 e. The van der Waals surface area contributed by atoms with Crippen molar-refractivity contribution in [2.24, 2.45) is 10.7 Å². The van der Waals surface area contributed by atoms with E-state index in [9.17, 15) is 0 Å². The second-order valence-corrected chi connectivity index (χ2v) is 4.32. The molecule has 0 saturated carbocycles. The van der Waals surface area contributed by atoms with Crippen LogP contribution in [-0.2, 0) is 0 Å². The Morgan fingerprint density at radius 2 is 2.12 bits per heavy atom. The fourth-order valence-corrected chi connectivity index (χ4v) is 1.65. The van der Waals surface area contributed by atoms with E-state index in [-0.39, 0.29) is 0 Å². The van der Waals surface area contributed by atoms with Crippen LogP contribution in [0.25, 0.3) is 0 Å². The van der Waals surface area contributed by atoms with Crippen molar-refractivity contribution in [1.29, 1.82) is 0 Å². The lowest BCUT2D eigenvalue weighted by atomic mass is 10.2. The van der Waals surface area contributed by atoms with E-state index in [4.69, 9.17) is 5.73 Å². The van der Waals surface area contributed by atoms with Crippen molar-refractivity contribution in [3.05, 3.63) is 29.8 Å². The lowest BCUT2D eigenvalue weighted by molar-refractivity contribution is 0.675. The molecule has 3 nitrogen and oxygen atoms in total. The van der Waals surface area contributed by atoms with E-state index in [1.807, 2.05) is 12.1 Å². The maximum absolute atomic E-state index is 5.81.